The Kier molecular flexibility index (Phi) is 5.94. The first-order valence-corrected chi connectivity index (χ1v) is 8.88. The molecule has 1 aromatic heterocycles. The Bertz CT molecular complexity index is 1050. The number of nitrogens with one attached hydrogen (secondary N) is 3. The number of carbonyl (C=O) groups excluding carboxylic acids is 2. The van der Waals surface area contributed by atoms with E-state index in [1.165, 1.54) is 18.2 Å². The normalized spacial score (nSPS) is 16.2. The molecule has 0 spiro atoms. The van der Waals surface area contributed by atoms with Crippen LogP contribution < -0.4 is 26.6 Å². The van der Waals surface area contributed by atoms with Crippen LogP contribution in [0.25, 0.3) is 0 Å². The zero-order valence-corrected chi connectivity index (χ0v) is 15.4. The van der Waals surface area contributed by atoms with Crippen LogP contribution in [0.4, 0.5) is 13.2 Å². The lowest BCUT2D eigenvalue weighted by molar-refractivity contribution is -0.274. The van der Waals surface area contributed by atoms with Gasteiger partial charge in [-0.1, -0.05) is 18.2 Å². The van der Waals surface area contributed by atoms with E-state index in [0.29, 0.717) is 12.8 Å². The molecule has 1 atom stereocenters. The molecule has 2 aromatic rings. The summed E-state index contributed by atoms with van der Waals surface area (Å²) in [5.41, 5.74) is -1.87. The van der Waals surface area contributed by atoms with Crippen molar-refractivity contribution in [1.29, 1.82) is 0 Å². The average molecular weight is 426 g/mol. The number of aromatic amines is 1. The van der Waals surface area contributed by atoms with Gasteiger partial charge in [0, 0.05) is 30.6 Å². The van der Waals surface area contributed by atoms with Crippen molar-refractivity contribution >= 4 is 11.8 Å². The molecule has 1 aliphatic rings. The second-order valence-corrected chi connectivity index (χ2v) is 6.58. The van der Waals surface area contributed by atoms with Crippen LogP contribution in [-0.4, -0.2) is 33.8 Å². The molecule has 12 heteroatoms. The summed E-state index contributed by atoms with van der Waals surface area (Å²) in [7, 11) is 0. The van der Waals surface area contributed by atoms with Crippen LogP contribution in [0.1, 0.15) is 28.9 Å². The standard InChI is InChI=1S/C18H17F3N4O5/c19-18(20,21)30-13-4-2-1-3-10(13)8-22-16(28)12-7-15(27)25(17(29)24-12)9-11-5-6-14(26)23-11/h1-4,7,11H,5-6,8-9H2,(H,22,28)(H,23,26)(H,24,29)/t11-/m1/s1. The van der Waals surface area contributed by atoms with Gasteiger partial charge in [-0.3, -0.25) is 19.0 Å². The number of nitrogens with zero attached hydrogens (tertiary/aromatic N) is 1. The first kappa shape index (κ1) is 21.1. The van der Waals surface area contributed by atoms with Crippen molar-refractivity contribution in [3.05, 3.63) is 62.4 Å². The van der Waals surface area contributed by atoms with E-state index in [1.54, 1.807) is 0 Å². The van der Waals surface area contributed by atoms with Crippen molar-refractivity contribution in [3.8, 4) is 5.75 Å². The summed E-state index contributed by atoms with van der Waals surface area (Å²) < 4.78 is 42.2. The number of amides is 2. The van der Waals surface area contributed by atoms with E-state index in [1.807, 2.05) is 0 Å². The van der Waals surface area contributed by atoms with E-state index in [4.69, 9.17) is 0 Å². The summed E-state index contributed by atoms with van der Waals surface area (Å²) in [6.07, 6.45) is -4.11. The van der Waals surface area contributed by atoms with Gasteiger partial charge in [-0.2, -0.15) is 0 Å². The number of H-pyrrole nitrogens is 1. The maximum Gasteiger partial charge on any atom is 0.573 e. The molecule has 2 heterocycles. The Morgan fingerprint density at radius 1 is 1.23 bits per heavy atom. The maximum atomic E-state index is 12.5. The number of ether oxygens (including phenoxy) is 1. The maximum absolute atomic E-state index is 12.5. The number of benzene rings is 1. The molecule has 160 valence electrons. The van der Waals surface area contributed by atoms with Gasteiger partial charge in [0.15, 0.2) is 0 Å². The van der Waals surface area contributed by atoms with E-state index in [-0.39, 0.29) is 36.3 Å². The van der Waals surface area contributed by atoms with Crippen LogP contribution in [-0.2, 0) is 17.9 Å². The van der Waals surface area contributed by atoms with Crippen LogP contribution >= 0.6 is 0 Å². The van der Waals surface area contributed by atoms with Crippen molar-refractivity contribution in [3.63, 3.8) is 0 Å². The minimum atomic E-state index is -4.89. The van der Waals surface area contributed by atoms with Gasteiger partial charge in [0.25, 0.3) is 11.5 Å². The number of aromatic nitrogens is 2. The fourth-order valence-corrected chi connectivity index (χ4v) is 2.99. The molecule has 3 N–H and O–H groups in total. The predicted molar refractivity (Wildman–Crippen MR) is 96.8 cm³/mol. The topological polar surface area (TPSA) is 122 Å². The monoisotopic (exact) mass is 426 g/mol. The van der Waals surface area contributed by atoms with Gasteiger partial charge >= 0.3 is 12.1 Å². The number of carbonyl (C=O) groups is 2. The first-order valence-electron chi connectivity index (χ1n) is 8.88. The molecule has 1 saturated heterocycles. The molecule has 0 saturated carbocycles. The highest BCUT2D eigenvalue weighted by Crippen LogP contribution is 2.26. The average Bonchev–Trinajstić information content (AvgIpc) is 3.07. The van der Waals surface area contributed by atoms with Gasteiger partial charge in [0.1, 0.15) is 11.4 Å². The van der Waals surface area contributed by atoms with Crippen LogP contribution in [0.3, 0.4) is 0 Å². The molecule has 0 aliphatic carbocycles. The van der Waals surface area contributed by atoms with Gasteiger partial charge in [0.2, 0.25) is 5.91 Å². The molecule has 0 radical (unpaired) electrons. The number of rotatable bonds is 6. The quantitative estimate of drug-likeness (QED) is 0.626. The second-order valence-electron chi connectivity index (χ2n) is 6.58. The van der Waals surface area contributed by atoms with Crippen molar-refractivity contribution in [2.24, 2.45) is 0 Å². The van der Waals surface area contributed by atoms with Gasteiger partial charge in [-0.05, 0) is 12.5 Å². The molecule has 0 bridgehead atoms. The lowest BCUT2D eigenvalue weighted by Gasteiger charge is -2.14. The van der Waals surface area contributed by atoms with Crippen molar-refractivity contribution in [2.75, 3.05) is 0 Å². The summed E-state index contributed by atoms with van der Waals surface area (Å²) in [4.78, 5) is 50.2. The highest BCUT2D eigenvalue weighted by Gasteiger charge is 2.32. The third-order valence-electron chi connectivity index (χ3n) is 4.39. The summed E-state index contributed by atoms with van der Waals surface area (Å²) in [6, 6.07) is 5.79. The van der Waals surface area contributed by atoms with E-state index in [0.717, 1.165) is 16.7 Å². The minimum absolute atomic E-state index is 0.0377. The summed E-state index contributed by atoms with van der Waals surface area (Å²) in [6.45, 7) is -0.367. The summed E-state index contributed by atoms with van der Waals surface area (Å²) in [5.74, 6) is -1.50. The van der Waals surface area contributed by atoms with Crippen LogP contribution in [0.5, 0.6) is 5.75 Å². The van der Waals surface area contributed by atoms with Crippen LogP contribution in [0, 0.1) is 0 Å². The lowest BCUT2D eigenvalue weighted by Crippen LogP contribution is -2.42. The van der Waals surface area contributed by atoms with E-state index < -0.39 is 29.3 Å². The Labute approximate surface area is 166 Å². The summed E-state index contributed by atoms with van der Waals surface area (Å²) >= 11 is 0. The van der Waals surface area contributed by atoms with Gasteiger partial charge < -0.3 is 20.4 Å². The third kappa shape index (κ3) is 5.27. The van der Waals surface area contributed by atoms with Crippen molar-refractivity contribution < 1.29 is 27.5 Å². The zero-order valence-electron chi connectivity index (χ0n) is 15.4. The highest BCUT2D eigenvalue weighted by atomic mass is 19.4. The Morgan fingerprint density at radius 3 is 2.60 bits per heavy atom. The third-order valence-corrected chi connectivity index (χ3v) is 4.39. The number of hydrogen-bond donors (Lipinski definition) is 3. The minimum Gasteiger partial charge on any atom is -0.405 e. The Hall–Kier alpha value is -3.57. The van der Waals surface area contributed by atoms with Crippen molar-refractivity contribution in [2.45, 2.75) is 38.3 Å². The zero-order chi connectivity index (χ0) is 21.9. The van der Waals surface area contributed by atoms with Gasteiger partial charge in [-0.25, -0.2) is 4.79 Å². The van der Waals surface area contributed by atoms with Gasteiger partial charge in [-0.15, -0.1) is 13.2 Å². The molecule has 1 aromatic carbocycles. The molecule has 30 heavy (non-hydrogen) atoms. The van der Waals surface area contributed by atoms with E-state index in [2.05, 4.69) is 20.4 Å². The highest BCUT2D eigenvalue weighted by molar-refractivity contribution is 5.92. The Balaban J connectivity index is 1.70. The molecular formula is C18H17F3N4O5. The first-order chi connectivity index (χ1) is 14.1. The number of hydrogen-bond acceptors (Lipinski definition) is 5. The largest absolute Gasteiger partial charge is 0.573 e. The fraction of sp³-hybridized carbons (Fsp3) is 0.333. The molecule has 1 fully saturated rings. The van der Waals surface area contributed by atoms with Crippen LogP contribution in [0.15, 0.2) is 39.9 Å². The molecular weight excluding hydrogens is 409 g/mol. The number of para-hydroxylation sites is 1. The lowest BCUT2D eigenvalue weighted by atomic mass is 10.2. The molecule has 9 nitrogen and oxygen atoms in total. The number of halogens is 3. The predicted octanol–water partition coefficient (Wildman–Crippen LogP) is 0.644. The van der Waals surface area contributed by atoms with Crippen molar-refractivity contribution in [1.82, 2.24) is 20.2 Å². The number of alkyl halides is 3. The van der Waals surface area contributed by atoms with E-state index in [9.17, 15) is 32.3 Å². The molecule has 2 amide bonds. The molecule has 3 rings (SSSR count). The smallest absolute Gasteiger partial charge is 0.405 e. The van der Waals surface area contributed by atoms with Crippen LogP contribution in [0.2, 0.25) is 0 Å². The molecule has 0 unspecified atom stereocenters. The van der Waals surface area contributed by atoms with Gasteiger partial charge in [0.05, 0.1) is 6.54 Å². The Morgan fingerprint density at radius 2 is 1.97 bits per heavy atom. The van der Waals surface area contributed by atoms with E-state index >= 15 is 0 Å². The fourth-order valence-electron chi connectivity index (χ4n) is 2.99. The second kappa shape index (κ2) is 8.43. The SMILES string of the molecule is O=C1CC[C@H](Cn2c(=O)cc(C(=O)NCc3ccccc3OC(F)(F)F)[nH]c2=O)N1. The molecule has 1 aliphatic heterocycles. The summed E-state index contributed by atoms with van der Waals surface area (Å²) in [5, 5.41) is 4.96.